The summed E-state index contributed by atoms with van der Waals surface area (Å²) in [6.45, 7) is 5.42. The Bertz CT molecular complexity index is 280. The van der Waals surface area contributed by atoms with E-state index in [1.54, 1.807) is 0 Å². The summed E-state index contributed by atoms with van der Waals surface area (Å²) in [5, 5.41) is 0. The van der Waals surface area contributed by atoms with Crippen LogP contribution in [0.15, 0.2) is 11.8 Å². The SMILES string of the molecule is CCCN(CCC)/C(=C/C(=O)OC)C(=O)OC. The lowest BCUT2D eigenvalue weighted by Gasteiger charge is -2.24. The van der Waals surface area contributed by atoms with Gasteiger partial charge in [0.1, 0.15) is 5.70 Å². The van der Waals surface area contributed by atoms with Crippen LogP contribution in [0.1, 0.15) is 26.7 Å². The average molecular weight is 243 g/mol. The molecule has 0 aliphatic rings. The third-order valence-electron chi connectivity index (χ3n) is 2.18. The zero-order valence-electron chi connectivity index (χ0n) is 11.0. The summed E-state index contributed by atoms with van der Waals surface area (Å²) >= 11 is 0. The minimum absolute atomic E-state index is 0.253. The van der Waals surface area contributed by atoms with Gasteiger partial charge < -0.3 is 14.4 Å². The van der Waals surface area contributed by atoms with Crippen molar-refractivity contribution in [3.8, 4) is 0 Å². The van der Waals surface area contributed by atoms with Crippen molar-refractivity contribution in [2.75, 3.05) is 27.3 Å². The van der Waals surface area contributed by atoms with Crippen LogP contribution in [0.2, 0.25) is 0 Å². The molecule has 0 aromatic rings. The predicted molar refractivity (Wildman–Crippen MR) is 64.3 cm³/mol. The largest absolute Gasteiger partial charge is 0.466 e. The number of hydrogen-bond acceptors (Lipinski definition) is 5. The molecule has 0 unspecified atom stereocenters. The van der Waals surface area contributed by atoms with Gasteiger partial charge in [0.15, 0.2) is 0 Å². The van der Waals surface area contributed by atoms with Gasteiger partial charge in [0.05, 0.1) is 20.3 Å². The van der Waals surface area contributed by atoms with Crippen molar-refractivity contribution >= 4 is 11.9 Å². The van der Waals surface area contributed by atoms with Crippen LogP contribution in [-0.2, 0) is 19.1 Å². The van der Waals surface area contributed by atoms with Gasteiger partial charge in [0, 0.05) is 13.1 Å². The van der Waals surface area contributed by atoms with E-state index in [1.807, 2.05) is 18.7 Å². The number of carbonyl (C=O) groups excluding carboxylic acids is 2. The Morgan fingerprint density at radius 3 is 1.94 bits per heavy atom. The van der Waals surface area contributed by atoms with Crippen molar-refractivity contribution in [1.82, 2.24) is 4.90 Å². The maximum Gasteiger partial charge on any atom is 0.354 e. The van der Waals surface area contributed by atoms with Gasteiger partial charge in [0.2, 0.25) is 0 Å². The number of methoxy groups -OCH3 is 2. The minimum atomic E-state index is -0.553. The van der Waals surface area contributed by atoms with Gasteiger partial charge in [-0.05, 0) is 12.8 Å². The first kappa shape index (κ1) is 15.5. The summed E-state index contributed by atoms with van der Waals surface area (Å²) in [4.78, 5) is 24.7. The van der Waals surface area contributed by atoms with Crippen molar-refractivity contribution in [3.63, 3.8) is 0 Å². The van der Waals surface area contributed by atoms with Gasteiger partial charge in [-0.1, -0.05) is 13.8 Å². The number of esters is 2. The molecule has 0 bridgehead atoms. The molecule has 0 aliphatic heterocycles. The minimum Gasteiger partial charge on any atom is -0.466 e. The zero-order valence-corrected chi connectivity index (χ0v) is 11.0. The molecule has 0 rings (SSSR count). The molecule has 0 aromatic heterocycles. The van der Waals surface area contributed by atoms with E-state index < -0.39 is 11.9 Å². The van der Waals surface area contributed by atoms with E-state index in [0.29, 0.717) is 13.1 Å². The molecule has 5 nitrogen and oxygen atoms in total. The summed E-state index contributed by atoms with van der Waals surface area (Å²) in [6.07, 6.45) is 2.95. The second-order valence-electron chi connectivity index (χ2n) is 3.53. The van der Waals surface area contributed by atoms with Crippen LogP contribution in [0.3, 0.4) is 0 Å². The van der Waals surface area contributed by atoms with Gasteiger partial charge in [-0.15, -0.1) is 0 Å². The quantitative estimate of drug-likeness (QED) is 0.499. The highest BCUT2D eigenvalue weighted by molar-refractivity contribution is 5.95. The fraction of sp³-hybridized carbons (Fsp3) is 0.667. The molecule has 0 heterocycles. The fourth-order valence-electron chi connectivity index (χ4n) is 1.45. The van der Waals surface area contributed by atoms with Gasteiger partial charge in [-0.2, -0.15) is 0 Å². The third kappa shape index (κ3) is 5.38. The van der Waals surface area contributed by atoms with Crippen molar-refractivity contribution in [2.45, 2.75) is 26.7 Å². The monoisotopic (exact) mass is 243 g/mol. The molecule has 98 valence electrons. The second kappa shape index (κ2) is 8.61. The first-order chi connectivity index (χ1) is 8.10. The number of ether oxygens (including phenoxy) is 2. The third-order valence-corrected chi connectivity index (χ3v) is 2.18. The number of carbonyl (C=O) groups is 2. The summed E-state index contributed by atoms with van der Waals surface area (Å²) in [6, 6.07) is 0. The molecule has 5 heteroatoms. The molecule has 0 aromatic carbocycles. The molecular weight excluding hydrogens is 222 g/mol. The second-order valence-corrected chi connectivity index (χ2v) is 3.53. The Hall–Kier alpha value is -1.52. The smallest absolute Gasteiger partial charge is 0.354 e. The van der Waals surface area contributed by atoms with E-state index in [1.165, 1.54) is 20.3 Å². The Kier molecular flexibility index (Phi) is 7.84. The number of rotatable bonds is 7. The maximum atomic E-state index is 11.6. The Morgan fingerprint density at radius 1 is 1.06 bits per heavy atom. The van der Waals surface area contributed by atoms with Crippen molar-refractivity contribution < 1.29 is 19.1 Å². The Balaban J connectivity index is 5.03. The number of hydrogen-bond donors (Lipinski definition) is 0. The summed E-state index contributed by atoms with van der Waals surface area (Å²) in [5.74, 6) is -1.07. The first-order valence-corrected chi connectivity index (χ1v) is 5.73. The van der Waals surface area contributed by atoms with E-state index in [0.717, 1.165) is 12.8 Å². The normalized spacial score (nSPS) is 10.9. The molecule has 0 amide bonds. The van der Waals surface area contributed by atoms with Crippen LogP contribution < -0.4 is 0 Å². The standard InChI is InChI=1S/C12H21NO4/c1-5-7-13(8-6-2)10(12(15)17-4)9-11(14)16-3/h9H,5-8H2,1-4H3/b10-9+. The van der Waals surface area contributed by atoms with E-state index in [9.17, 15) is 9.59 Å². The van der Waals surface area contributed by atoms with Crippen LogP contribution in [0.25, 0.3) is 0 Å². The van der Waals surface area contributed by atoms with Gasteiger partial charge in [-0.3, -0.25) is 0 Å². The van der Waals surface area contributed by atoms with Gasteiger partial charge in [-0.25, -0.2) is 9.59 Å². The highest BCUT2D eigenvalue weighted by Crippen LogP contribution is 2.09. The predicted octanol–water partition coefficient (Wildman–Crippen LogP) is 1.34. The zero-order chi connectivity index (χ0) is 13.3. The Labute approximate surface area is 102 Å². The molecule has 0 fully saturated rings. The summed E-state index contributed by atoms with van der Waals surface area (Å²) < 4.78 is 9.21. The van der Waals surface area contributed by atoms with Crippen LogP contribution in [0.4, 0.5) is 0 Å². The van der Waals surface area contributed by atoms with Crippen LogP contribution in [0, 0.1) is 0 Å². The highest BCUT2D eigenvalue weighted by atomic mass is 16.5. The molecule has 0 aliphatic carbocycles. The van der Waals surface area contributed by atoms with Crippen molar-refractivity contribution in [3.05, 3.63) is 11.8 Å². The molecule has 0 radical (unpaired) electrons. The Morgan fingerprint density at radius 2 is 1.59 bits per heavy atom. The maximum absolute atomic E-state index is 11.6. The first-order valence-electron chi connectivity index (χ1n) is 5.73. The fourth-order valence-corrected chi connectivity index (χ4v) is 1.45. The van der Waals surface area contributed by atoms with Gasteiger partial charge >= 0.3 is 11.9 Å². The lowest BCUT2D eigenvalue weighted by atomic mass is 10.3. The van der Waals surface area contributed by atoms with Crippen molar-refractivity contribution in [1.29, 1.82) is 0 Å². The van der Waals surface area contributed by atoms with E-state index in [4.69, 9.17) is 0 Å². The van der Waals surface area contributed by atoms with E-state index in [-0.39, 0.29) is 5.70 Å². The molecule has 0 N–H and O–H groups in total. The average Bonchev–Trinajstić information content (AvgIpc) is 2.34. The highest BCUT2D eigenvalue weighted by Gasteiger charge is 2.18. The molecule has 0 spiro atoms. The van der Waals surface area contributed by atoms with Crippen LogP contribution in [0.5, 0.6) is 0 Å². The summed E-state index contributed by atoms with van der Waals surface area (Å²) in [7, 11) is 2.57. The topological polar surface area (TPSA) is 55.8 Å². The van der Waals surface area contributed by atoms with Crippen molar-refractivity contribution in [2.24, 2.45) is 0 Å². The molecule has 0 saturated heterocycles. The molecule has 17 heavy (non-hydrogen) atoms. The summed E-state index contributed by atoms with van der Waals surface area (Å²) in [5.41, 5.74) is 0.253. The lowest BCUT2D eigenvalue weighted by Crippen LogP contribution is -2.30. The molecule has 0 atom stereocenters. The van der Waals surface area contributed by atoms with E-state index >= 15 is 0 Å². The van der Waals surface area contributed by atoms with Crippen LogP contribution in [-0.4, -0.2) is 44.1 Å². The van der Waals surface area contributed by atoms with E-state index in [2.05, 4.69) is 9.47 Å². The lowest BCUT2D eigenvalue weighted by molar-refractivity contribution is -0.140. The molecule has 0 saturated carbocycles. The van der Waals surface area contributed by atoms with Crippen LogP contribution >= 0.6 is 0 Å². The number of nitrogens with zero attached hydrogens (tertiary/aromatic N) is 1. The van der Waals surface area contributed by atoms with Gasteiger partial charge in [0.25, 0.3) is 0 Å². The molecular formula is C12H21NO4.